The van der Waals surface area contributed by atoms with E-state index < -0.39 is 5.92 Å². The lowest BCUT2D eigenvalue weighted by Gasteiger charge is -2.31. The van der Waals surface area contributed by atoms with E-state index in [2.05, 4.69) is 15.5 Å². The molecule has 3 atom stereocenters. The smallest absolute Gasteiger partial charge is 0.123 e. The summed E-state index contributed by atoms with van der Waals surface area (Å²) in [5, 5.41) is 24.5. The Morgan fingerprint density at radius 1 is 1.32 bits per heavy atom. The summed E-state index contributed by atoms with van der Waals surface area (Å²) in [5.74, 6) is -0.309. The van der Waals surface area contributed by atoms with E-state index in [0.29, 0.717) is 42.5 Å². The quantitative estimate of drug-likeness (QED) is 0.476. The molecule has 1 saturated carbocycles. The minimum Gasteiger partial charge on any atom is -0.395 e. The number of nitrogens with zero attached hydrogens (tertiary/aromatic N) is 2. The molecule has 3 unspecified atom stereocenters. The molecule has 2 aromatic rings. The Balaban J connectivity index is 1.62. The summed E-state index contributed by atoms with van der Waals surface area (Å²) >= 11 is 0. The van der Waals surface area contributed by atoms with Gasteiger partial charge in [0, 0.05) is 41.8 Å². The number of nitrogens with one attached hydrogen (secondary N) is 3. The molecule has 31 heavy (non-hydrogen) atoms. The molecule has 162 valence electrons. The Hall–Kier alpha value is -2.93. The van der Waals surface area contributed by atoms with Crippen LogP contribution in [0.1, 0.15) is 37.7 Å². The maximum absolute atomic E-state index is 14.1. The third-order valence-electron chi connectivity index (χ3n) is 6.12. The van der Waals surface area contributed by atoms with Gasteiger partial charge in [-0.25, -0.2) is 4.39 Å². The fourth-order valence-corrected chi connectivity index (χ4v) is 4.59. The maximum Gasteiger partial charge on any atom is 0.123 e. The van der Waals surface area contributed by atoms with Crippen molar-refractivity contribution in [2.75, 3.05) is 19.7 Å². The number of halogens is 1. The summed E-state index contributed by atoms with van der Waals surface area (Å²) in [5.41, 5.74) is 4.16. The first-order valence-electron chi connectivity index (χ1n) is 10.7. The molecular formula is C24H28FN5O. The van der Waals surface area contributed by atoms with Gasteiger partial charge in [0.2, 0.25) is 0 Å². The van der Waals surface area contributed by atoms with Gasteiger partial charge in [-0.3, -0.25) is 4.98 Å². The second kappa shape index (κ2) is 9.47. The average Bonchev–Trinajstić information content (AvgIpc) is 3.27. The molecule has 2 aliphatic rings. The predicted octanol–water partition coefficient (Wildman–Crippen LogP) is 4.42. The van der Waals surface area contributed by atoms with Crippen molar-refractivity contribution in [3.8, 4) is 11.1 Å². The molecule has 2 fully saturated rings. The lowest BCUT2D eigenvalue weighted by molar-refractivity contribution is 0.111. The van der Waals surface area contributed by atoms with Crippen molar-refractivity contribution in [3.05, 3.63) is 54.1 Å². The SMILES string of the molecule is CC(=N)C1C(=N)CC(c2ccc(F)cc2-c2cccnc2)CC1=NOCC1CCNC1. The Morgan fingerprint density at radius 2 is 2.19 bits per heavy atom. The van der Waals surface area contributed by atoms with Crippen molar-refractivity contribution in [2.24, 2.45) is 17.0 Å². The molecule has 0 amide bonds. The normalized spacial score (nSPS) is 25.0. The van der Waals surface area contributed by atoms with Crippen LogP contribution in [0.2, 0.25) is 0 Å². The van der Waals surface area contributed by atoms with Crippen LogP contribution in [0.25, 0.3) is 11.1 Å². The van der Waals surface area contributed by atoms with Gasteiger partial charge >= 0.3 is 0 Å². The highest BCUT2D eigenvalue weighted by Crippen LogP contribution is 2.38. The van der Waals surface area contributed by atoms with Crippen molar-refractivity contribution >= 4 is 17.1 Å². The standard InChI is InChI=1S/C24H28FN5O/c1-15(26)24-22(27)9-18(10-23(24)30-31-14-16-6-8-29-12-16)20-5-4-19(25)11-21(20)17-3-2-7-28-13-17/h2-5,7,11,13,16,18,24,26-27,29H,6,8-10,12,14H2,1H3. The van der Waals surface area contributed by atoms with Crippen molar-refractivity contribution in [1.82, 2.24) is 10.3 Å². The van der Waals surface area contributed by atoms with Gasteiger partial charge in [-0.1, -0.05) is 17.3 Å². The number of rotatable bonds is 6. The van der Waals surface area contributed by atoms with Gasteiger partial charge in [0.05, 0.1) is 11.6 Å². The van der Waals surface area contributed by atoms with Crippen LogP contribution in [0, 0.1) is 28.5 Å². The highest BCUT2D eigenvalue weighted by Gasteiger charge is 2.35. The lowest BCUT2D eigenvalue weighted by Crippen LogP contribution is -2.37. The van der Waals surface area contributed by atoms with Crippen molar-refractivity contribution < 1.29 is 9.23 Å². The van der Waals surface area contributed by atoms with Gasteiger partial charge in [0.15, 0.2) is 0 Å². The van der Waals surface area contributed by atoms with Crippen LogP contribution in [0.4, 0.5) is 4.39 Å². The van der Waals surface area contributed by atoms with E-state index in [4.69, 9.17) is 15.7 Å². The molecule has 7 heteroatoms. The summed E-state index contributed by atoms with van der Waals surface area (Å²) in [4.78, 5) is 9.87. The number of benzene rings is 1. The minimum atomic E-state index is -0.416. The fourth-order valence-electron chi connectivity index (χ4n) is 4.59. The molecule has 1 saturated heterocycles. The molecule has 1 aliphatic heterocycles. The summed E-state index contributed by atoms with van der Waals surface area (Å²) in [6.45, 7) is 4.19. The van der Waals surface area contributed by atoms with Crippen LogP contribution < -0.4 is 5.32 Å². The predicted molar refractivity (Wildman–Crippen MR) is 121 cm³/mol. The van der Waals surface area contributed by atoms with E-state index >= 15 is 0 Å². The van der Waals surface area contributed by atoms with Crippen LogP contribution >= 0.6 is 0 Å². The second-order valence-corrected chi connectivity index (χ2v) is 8.46. The topological polar surface area (TPSA) is 94.2 Å². The van der Waals surface area contributed by atoms with Gasteiger partial charge in [0.25, 0.3) is 0 Å². The van der Waals surface area contributed by atoms with Gasteiger partial charge in [-0.15, -0.1) is 0 Å². The van der Waals surface area contributed by atoms with Crippen molar-refractivity contribution in [2.45, 2.75) is 32.1 Å². The molecule has 0 radical (unpaired) electrons. The highest BCUT2D eigenvalue weighted by atomic mass is 19.1. The molecule has 4 rings (SSSR count). The number of pyridine rings is 1. The molecule has 1 aliphatic carbocycles. The zero-order valence-electron chi connectivity index (χ0n) is 17.7. The van der Waals surface area contributed by atoms with Gasteiger partial charge in [-0.05, 0) is 68.0 Å². The number of hydrogen-bond donors (Lipinski definition) is 3. The van der Waals surface area contributed by atoms with E-state index in [-0.39, 0.29) is 11.7 Å². The van der Waals surface area contributed by atoms with Crippen LogP contribution in [0.5, 0.6) is 0 Å². The van der Waals surface area contributed by atoms with E-state index in [1.807, 2.05) is 12.1 Å². The van der Waals surface area contributed by atoms with E-state index in [9.17, 15) is 4.39 Å². The number of hydrogen-bond acceptors (Lipinski definition) is 6. The molecular weight excluding hydrogens is 393 g/mol. The minimum absolute atomic E-state index is 0.0330. The van der Waals surface area contributed by atoms with Crippen molar-refractivity contribution in [1.29, 1.82) is 10.8 Å². The Labute approximate surface area is 181 Å². The Morgan fingerprint density at radius 3 is 2.90 bits per heavy atom. The molecule has 3 N–H and O–H groups in total. The van der Waals surface area contributed by atoms with E-state index in [1.165, 1.54) is 12.1 Å². The van der Waals surface area contributed by atoms with Gasteiger partial charge < -0.3 is 21.0 Å². The number of oxime groups is 1. The maximum atomic E-state index is 14.1. The molecule has 6 nitrogen and oxygen atoms in total. The summed E-state index contributed by atoms with van der Waals surface area (Å²) in [6, 6.07) is 8.55. The van der Waals surface area contributed by atoms with Crippen LogP contribution in [-0.2, 0) is 4.84 Å². The summed E-state index contributed by atoms with van der Waals surface area (Å²) < 4.78 is 14.1. The molecule has 0 bridgehead atoms. The molecule has 2 heterocycles. The summed E-state index contributed by atoms with van der Waals surface area (Å²) in [6.07, 6.45) is 5.57. The molecule has 1 aromatic carbocycles. The Bertz CT molecular complexity index is 985. The molecule has 1 aromatic heterocycles. The lowest BCUT2D eigenvalue weighted by atomic mass is 9.73. The monoisotopic (exact) mass is 421 g/mol. The molecule has 0 spiro atoms. The first-order valence-corrected chi connectivity index (χ1v) is 10.7. The zero-order valence-corrected chi connectivity index (χ0v) is 17.7. The summed E-state index contributed by atoms with van der Waals surface area (Å²) in [7, 11) is 0. The van der Waals surface area contributed by atoms with Crippen LogP contribution in [-0.4, -0.2) is 41.8 Å². The Kier molecular flexibility index (Phi) is 6.51. The van der Waals surface area contributed by atoms with Crippen molar-refractivity contribution in [3.63, 3.8) is 0 Å². The first kappa shape index (κ1) is 21.3. The zero-order chi connectivity index (χ0) is 21.8. The largest absolute Gasteiger partial charge is 0.395 e. The second-order valence-electron chi connectivity index (χ2n) is 8.46. The number of aromatic nitrogens is 1. The van der Waals surface area contributed by atoms with E-state index in [1.54, 1.807) is 25.4 Å². The van der Waals surface area contributed by atoms with Crippen LogP contribution in [0.3, 0.4) is 0 Å². The van der Waals surface area contributed by atoms with Gasteiger partial charge in [0.1, 0.15) is 12.4 Å². The average molecular weight is 422 g/mol. The fraction of sp³-hybridized carbons (Fsp3) is 0.417. The third kappa shape index (κ3) is 4.88. The first-order chi connectivity index (χ1) is 15.0. The highest BCUT2D eigenvalue weighted by molar-refractivity contribution is 6.23. The van der Waals surface area contributed by atoms with Crippen LogP contribution in [0.15, 0.2) is 47.9 Å². The third-order valence-corrected chi connectivity index (χ3v) is 6.12. The van der Waals surface area contributed by atoms with E-state index in [0.717, 1.165) is 36.2 Å². The van der Waals surface area contributed by atoms with Gasteiger partial charge in [-0.2, -0.15) is 0 Å².